The van der Waals surface area contributed by atoms with Crippen molar-refractivity contribution in [3.8, 4) is 5.75 Å². The summed E-state index contributed by atoms with van der Waals surface area (Å²) >= 11 is 0. The van der Waals surface area contributed by atoms with Gasteiger partial charge < -0.3 is 20.6 Å². The minimum atomic E-state index is -1.18. The maximum absolute atomic E-state index is 11.2. The van der Waals surface area contributed by atoms with E-state index in [0.29, 0.717) is 12.1 Å². The molecule has 5 heteroatoms. The fourth-order valence-corrected chi connectivity index (χ4v) is 5.17. The average Bonchev–Trinajstić information content (AvgIpc) is 2.84. The number of rotatable bonds is 7. The third kappa shape index (κ3) is 5.72. The molecule has 0 amide bonds. The van der Waals surface area contributed by atoms with Gasteiger partial charge in [-0.3, -0.25) is 0 Å². The zero-order valence-corrected chi connectivity index (χ0v) is 22.3. The van der Waals surface area contributed by atoms with Crippen LogP contribution >= 0.6 is 0 Å². The normalized spacial score (nSPS) is 16.8. The molecule has 3 aromatic carbocycles. The first-order chi connectivity index (χ1) is 17.4. The lowest BCUT2D eigenvalue weighted by atomic mass is 9.62. The van der Waals surface area contributed by atoms with E-state index in [2.05, 4.69) is 76.3 Å². The highest BCUT2D eigenvalue weighted by Gasteiger charge is 2.39. The highest BCUT2D eigenvalue weighted by molar-refractivity contribution is 5.91. The van der Waals surface area contributed by atoms with Crippen molar-refractivity contribution in [3.63, 3.8) is 0 Å². The highest BCUT2D eigenvalue weighted by atomic mass is 16.4. The second-order valence-corrected chi connectivity index (χ2v) is 11.5. The van der Waals surface area contributed by atoms with Crippen LogP contribution in [0.2, 0.25) is 0 Å². The Balaban J connectivity index is 1.70. The molecule has 1 aliphatic rings. The van der Waals surface area contributed by atoms with Gasteiger partial charge in [0.15, 0.2) is 0 Å². The van der Waals surface area contributed by atoms with Crippen molar-refractivity contribution in [3.05, 3.63) is 99.6 Å². The Morgan fingerprint density at radius 2 is 1.68 bits per heavy atom. The second-order valence-electron chi connectivity index (χ2n) is 11.5. The van der Waals surface area contributed by atoms with Crippen LogP contribution in [-0.2, 0) is 17.4 Å². The van der Waals surface area contributed by atoms with Gasteiger partial charge in [-0.25, -0.2) is 4.79 Å². The molecule has 37 heavy (non-hydrogen) atoms. The van der Waals surface area contributed by atoms with Crippen molar-refractivity contribution in [2.75, 3.05) is 5.32 Å². The number of carboxylic acid groups (broad SMARTS) is 1. The molecule has 3 aromatic rings. The lowest BCUT2D eigenvalue weighted by molar-refractivity contribution is 0.0693. The molecule has 1 aliphatic carbocycles. The van der Waals surface area contributed by atoms with Gasteiger partial charge in [0.1, 0.15) is 11.3 Å². The number of hydrogen-bond donors (Lipinski definition) is 4. The molecule has 0 bridgehead atoms. The number of benzene rings is 3. The molecule has 0 aliphatic heterocycles. The zero-order valence-electron chi connectivity index (χ0n) is 22.3. The number of fused-ring (bicyclic) bond motifs is 1. The standard InChI is InChI=1S/C32H37NO4/c1-20-6-8-22(9-7-20)19-33-26-18-23(17-25-29(26)32(4,5)15-14-31(25,2)3)27(34)13-11-21-10-12-24(30(36)37)28(35)16-21/h6-13,16-18,27,33-35H,14-15,19H2,1-5H3,(H,36,37)/b13-11+. The smallest absolute Gasteiger partial charge is 0.339 e. The minimum Gasteiger partial charge on any atom is -0.507 e. The number of nitrogens with one attached hydrogen (secondary N) is 1. The van der Waals surface area contributed by atoms with Crippen LogP contribution < -0.4 is 5.32 Å². The Labute approximate surface area is 219 Å². The van der Waals surface area contributed by atoms with E-state index < -0.39 is 12.1 Å². The summed E-state index contributed by atoms with van der Waals surface area (Å²) in [7, 11) is 0. The van der Waals surface area contributed by atoms with E-state index in [-0.39, 0.29) is 22.1 Å². The maximum atomic E-state index is 11.2. The number of aliphatic hydroxyl groups is 1. The van der Waals surface area contributed by atoms with Gasteiger partial charge in [-0.15, -0.1) is 0 Å². The Hall–Kier alpha value is -3.57. The number of carbonyl (C=O) groups is 1. The molecule has 0 heterocycles. The van der Waals surface area contributed by atoms with Crippen LogP contribution in [-0.4, -0.2) is 21.3 Å². The number of aryl methyl sites for hydroxylation is 1. The maximum Gasteiger partial charge on any atom is 0.339 e. The molecule has 4 N–H and O–H groups in total. The summed E-state index contributed by atoms with van der Waals surface area (Å²) in [6.45, 7) is 11.9. The van der Waals surface area contributed by atoms with Gasteiger partial charge in [0.05, 0.1) is 6.10 Å². The van der Waals surface area contributed by atoms with Crippen LogP contribution in [0.3, 0.4) is 0 Å². The molecular formula is C32H37NO4. The third-order valence-corrected chi connectivity index (χ3v) is 7.61. The first kappa shape index (κ1) is 26.5. The van der Waals surface area contributed by atoms with Crippen LogP contribution in [0.1, 0.15) is 90.4 Å². The molecule has 194 valence electrons. The Morgan fingerprint density at radius 1 is 1.00 bits per heavy atom. The number of anilines is 1. The van der Waals surface area contributed by atoms with Crippen molar-refractivity contribution < 1.29 is 20.1 Å². The Kier molecular flexibility index (Phi) is 7.20. The monoisotopic (exact) mass is 499 g/mol. The van der Waals surface area contributed by atoms with Crippen molar-refractivity contribution in [1.82, 2.24) is 0 Å². The van der Waals surface area contributed by atoms with Gasteiger partial charge in [0.25, 0.3) is 0 Å². The molecule has 5 nitrogen and oxygen atoms in total. The van der Waals surface area contributed by atoms with Gasteiger partial charge in [0.2, 0.25) is 0 Å². The molecule has 0 fully saturated rings. The van der Waals surface area contributed by atoms with Crippen molar-refractivity contribution >= 4 is 17.7 Å². The van der Waals surface area contributed by atoms with E-state index in [1.807, 2.05) is 0 Å². The molecular weight excluding hydrogens is 462 g/mol. The van der Waals surface area contributed by atoms with Crippen molar-refractivity contribution in [1.29, 1.82) is 0 Å². The average molecular weight is 500 g/mol. The summed E-state index contributed by atoms with van der Waals surface area (Å²) in [5, 5.41) is 34.0. The lowest BCUT2D eigenvalue weighted by Crippen LogP contribution is -2.35. The molecule has 0 spiro atoms. The van der Waals surface area contributed by atoms with E-state index in [0.717, 1.165) is 24.1 Å². The summed E-state index contributed by atoms with van der Waals surface area (Å²) in [6.07, 6.45) is 4.65. The molecule has 4 rings (SSSR count). The summed E-state index contributed by atoms with van der Waals surface area (Å²) in [5.74, 6) is -1.48. The summed E-state index contributed by atoms with van der Waals surface area (Å²) in [4.78, 5) is 11.2. The number of phenols is 1. The molecule has 0 radical (unpaired) electrons. The third-order valence-electron chi connectivity index (χ3n) is 7.61. The predicted octanol–water partition coefficient (Wildman–Crippen LogP) is 7.11. The van der Waals surface area contributed by atoms with Gasteiger partial charge >= 0.3 is 5.97 Å². The number of carboxylic acids is 1. The van der Waals surface area contributed by atoms with Gasteiger partial charge in [0, 0.05) is 12.2 Å². The highest BCUT2D eigenvalue weighted by Crippen LogP contribution is 2.49. The van der Waals surface area contributed by atoms with Gasteiger partial charge in [-0.05, 0) is 76.6 Å². The number of aliphatic hydroxyl groups excluding tert-OH is 1. The number of aromatic hydroxyl groups is 1. The number of hydrogen-bond acceptors (Lipinski definition) is 4. The first-order valence-electron chi connectivity index (χ1n) is 12.8. The van der Waals surface area contributed by atoms with Gasteiger partial charge in [-0.1, -0.05) is 81.8 Å². The molecule has 0 saturated heterocycles. The Morgan fingerprint density at radius 3 is 2.32 bits per heavy atom. The van der Waals surface area contributed by atoms with Crippen LogP contribution in [0, 0.1) is 6.92 Å². The first-order valence-corrected chi connectivity index (χ1v) is 12.8. The van der Waals surface area contributed by atoms with E-state index in [1.165, 1.54) is 34.4 Å². The fraction of sp³-hybridized carbons (Fsp3) is 0.344. The quantitative estimate of drug-likeness (QED) is 0.278. The topological polar surface area (TPSA) is 89.8 Å². The lowest BCUT2D eigenvalue weighted by Gasteiger charge is -2.43. The molecule has 0 aromatic heterocycles. The second kappa shape index (κ2) is 10.1. The van der Waals surface area contributed by atoms with E-state index in [1.54, 1.807) is 18.2 Å². The van der Waals surface area contributed by atoms with E-state index in [9.17, 15) is 15.0 Å². The van der Waals surface area contributed by atoms with E-state index in [4.69, 9.17) is 5.11 Å². The van der Waals surface area contributed by atoms with Crippen LogP contribution in [0.15, 0.2) is 60.7 Å². The van der Waals surface area contributed by atoms with Crippen molar-refractivity contribution in [2.24, 2.45) is 0 Å². The molecule has 0 saturated carbocycles. The van der Waals surface area contributed by atoms with E-state index >= 15 is 0 Å². The zero-order chi connectivity index (χ0) is 27.0. The SMILES string of the molecule is Cc1ccc(CNc2cc(C(O)/C=C/c3ccc(C(=O)O)c(O)c3)cc3c2C(C)(C)CCC3(C)C)cc1. The van der Waals surface area contributed by atoms with Crippen LogP contribution in [0.5, 0.6) is 5.75 Å². The van der Waals surface area contributed by atoms with Gasteiger partial charge in [-0.2, -0.15) is 0 Å². The van der Waals surface area contributed by atoms with Crippen molar-refractivity contribution in [2.45, 2.75) is 70.9 Å². The minimum absolute atomic E-state index is 0.00317. The molecule has 1 atom stereocenters. The fourth-order valence-electron chi connectivity index (χ4n) is 5.17. The largest absolute Gasteiger partial charge is 0.507 e. The number of aromatic carboxylic acids is 1. The summed E-state index contributed by atoms with van der Waals surface area (Å²) in [6, 6.07) is 17.0. The Bertz CT molecular complexity index is 1340. The predicted molar refractivity (Wildman–Crippen MR) is 149 cm³/mol. The summed E-state index contributed by atoms with van der Waals surface area (Å²) < 4.78 is 0. The molecule has 1 unspecified atom stereocenters. The summed E-state index contributed by atoms with van der Waals surface area (Å²) in [5.41, 5.74) is 7.26. The van der Waals surface area contributed by atoms with Crippen LogP contribution in [0.4, 0.5) is 5.69 Å². The van der Waals surface area contributed by atoms with Crippen LogP contribution in [0.25, 0.3) is 6.08 Å².